The van der Waals surface area contributed by atoms with Gasteiger partial charge in [0.2, 0.25) is 11.8 Å². The summed E-state index contributed by atoms with van der Waals surface area (Å²) in [6.45, 7) is 10.6. The van der Waals surface area contributed by atoms with Gasteiger partial charge in [-0.25, -0.2) is 9.78 Å². The molecule has 2 unspecified atom stereocenters. The molecule has 1 N–H and O–H groups in total. The normalized spacial score (nSPS) is 23.6. The number of urea groups is 1. The molecule has 4 aliphatic rings. The van der Waals surface area contributed by atoms with Crippen LogP contribution in [-0.4, -0.2) is 107 Å². The summed E-state index contributed by atoms with van der Waals surface area (Å²) in [6.07, 6.45) is 3.34. The molecule has 0 radical (unpaired) electrons. The number of anilines is 2. The van der Waals surface area contributed by atoms with Crippen molar-refractivity contribution >= 4 is 41.1 Å². The first-order chi connectivity index (χ1) is 20.8. The highest BCUT2D eigenvalue weighted by Crippen LogP contribution is 2.47. The minimum atomic E-state index is -0.397. The number of carbonyl (C=O) groups excluding carboxylic acids is 3. The number of hydrogen-bond donors (Lipinski definition) is 1. The zero-order chi connectivity index (χ0) is 30.1. The van der Waals surface area contributed by atoms with Gasteiger partial charge >= 0.3 is 6.03 Å². The quantitative estimate of drug-likeness (QED) is 0.513. The average Bonchev–Trinajstić information content (AvgIpc) is 3.30. The lowest BCUT2D eigenvalue weighted by Gasteiger charge is -2.40. The number of piperidine rings is 1. The van der Waals surface area contributed by atoms with Crippen LogP contribution in [0.5, 0.6) is 0 Å². The average molecular weight is 606 g/mol. The molecule has 10 nitrogen and oxygen atoms in total. The second-order valence-corrected chi connectivity index (χ2v) is 13.9. The predicted molar refractivity (Wildman–Crippen MR) is 170 cm³/mol. The number of thioether (sulfide) groups is 1. The Kier molecular flexibility index (Phi) is 8.81. The van der Waals surface area contributed by atoms with Crippen molar-refractivity contribution in [1.29, 1.82) is 0 Å². The molecular formula is C32H43N7O3S. The second-order valence-electron chi connectivity index (χ2n) is 12.6. The summed E-state index contributed by atoms with van der Waals surface area (Å²) in [5.41, 5.74) is 3.37. The molecule has 0 spiro atoms. The Morgan fingerprint density at radius 2 is 1.77 bits per heavy atom. The largest absolute Gasteiger partial charge is 0.369 e. The molecule has 11 heteroatoms. The van der Waals surface area contributed by atoms with E-state index in [0.29, 0.717) is 37.9 Å². The van der Waals surface area contributed by atoms with Gasteiger partial charge in [0, 0.05) is 81.3 Å². The highest BCUT2D eigenvalue weighted by molar-refractivity contribution is 8.01. The van der Waals surface area contributed by atoms with E-state index in [4.69, 9.17) is 0 Å². The minimum absolute atomic E-state index is 0.0273. The Balaban J connectivity index is 1.11. The van der Waals surface area contributed by atoms with Gasteiger partial charge in [0.05, 0.1) is 11.8 Å². The lowest BCUT2D eigenvalue weighted by molar-refractivity contribution is -0.137. The third-order valence-corrected chi connectivity index (χ3v) is 10.5. The first kappa shape index (κ1) is 29.7. The number of likely N-dealkylation sites (tertiary alicyclic amines) is 1. The maximum absolute atomic E-state index is 13.8. The number of piperazine rings is 1. The minimum Gasteiger partial charge on any atom is -0.369 e. The van der Waals surface area contributed by atoms with E-state index >= 15 is 0 Å². The number of aromatic nitrogens is 1. The van der Waals surface area contributed by atoms with Crippen LogP contribution in [-0.2, 0) is 16.1 Å². The van der Waals surface area contributed by atoms with E-state index in [9.17, 15) is 14.4 Å². The summed E-state index contributed by atoms with van der Waals surface area (Å²) in [5.74, 6) is 1.05. The van der Waals surface area contributed by atoms with E-state index in [2.05, 4.69) is 65.3 Å². The summed E-state index contributed by atoms with van der Waals surface area (Å²) in [5, 5.41) is 2.40. The molecular weight excluding hydrogens is 562 g/mol. The van der Waals surface area contributed by atoms with E-state index in [1.54, 1.807) is 18.0 Å². The third kappa shape index (κ3) is 6.33. The molecule has 1 aromatic heterocycles. The Bertz CT molecular complexity index is 1340. The van der Waals surface area contributed by atoms with Crippen LogP contribution in [0.15, 0.2) is 42.6 Å². The van der Waals surface area contributed by atoms with Crippen molar-refractivity contribution in [2.45, 2.75) is 56.3 Å². The number of rotatable bonds is 7. The summed E-state index contributed by atoms with van der Waals surface area (Å²) in [6, 6.07) is 12.3. The fourth-order valence-electron chi connectivity index (χ4n) is 6.69. The summed E-state index contributed by atoms with van der Waals surface area (Å²) < 4.78 is 0. The molecule has 0 saturated carbocycles. The molecule has 0 aliphatic carbocycles. The Hall–Kier alpha value is -3.31. The smallest absolute Gasteiger partial charge is 0.323 e. The Labute approximate surface area is 258 Å². The maximum Gasteiger partial charge on any atom is 0.323 e. The highest BCUT2D eigenvalue weighted by Gasteiger charge is 2.44. The van der Waals surface area contributed by atoms with Crippen LogP contribution < -0.4 is 10.2 Å². The van der Waals surface area contributed by atoms with Gasteiger partial charge in [-0.2, -0.15) is 0 Å². The van der Waals surface area contributed by atoms with Gasteiger partial charge < -0.3 is 24.5 Å². The molecule has 5 heterocycles. The topological polar surface area (TPSA) is 92.3 Å². The second kappa shape index (κ2) is 12.7. The van der Waals surface area contributed by atoms with Crippen molar-refractivity contribution in [3.8, 4) is 0 Å². The van der Waals surface area contributed by atoms with Crippen LogP contribution in [0.3, 0.4) is 0 Å². The number of amides is 4. The van der Waals surface area contributed by atoms with Crippen LogP contribution >= 0.6 is 11.8 Å². The van der Waals surface area contributed by atoms with Crippen molar-refractivity contribution < 1.29 is 14.4 Å². The number of carbonyl (C=O) groups is 3. The molecule has 2 aromatic rings. The van der Waals surface area contributed by atoms with Crippen molar-refractivity contribution in [1.82, 2.24) is 24.6 Å². The Morgan fingerprint density at radius 1 is 1.02 bits per heavy atom. The van der Waals surface area contributed by atoms with Crippen LogP contribution in [0.2, 0.25) is 0 Å². The highest BCUT2D eigenvalue weighted by atomic mass is 32.2. The molecule has 3 saturated heterocycles. The van der Waals surface area contributed by atoms with Gasteiger partial charge in [-0.1, -0.05) is 38.1 Å². The van der Waals surface area contributed by atoms with Gasteiger partial charge in [-0.3, -0.25) is 14.9 Å². The van der Waals surface area contributed by atoms with Crippen molar-refractivity contribution in [3.05, 3.63) is 53.7 Å². The Morgan fingerprint density at radius 3 is 2.51 bits per heavy atom. The van der Waals surface area contributed by atoms with E-state index < -0.39 is 5.25 Å². The number of nitrogens with zero attached hydrogens (tertiary/aromatic N) is 6. The van der Waals surface area contributed by atoms with Crippen molar-refractivity contribution in [2.75, 3.05) is 63.1 Å². The fourth-order valence-corrected chi connectivity index (χ4v) is 8.18. The van der Waals surface area contributed by atoms with Gasteiger partial charge in [0.15, 0.2) is 0 Å². The van der Waals surface area contributed by atoms with E-state index in [1.807, 2.05) is 26.8 Å². The molecule has 230 valence electrons. The van der Waals surface area contributed by atoms with E-state index in [0.717, 1.165) is 44.6 Å². The molecule has 6 rings (SSSR count). The first-order valence-electron chi connectivity index (χ1n) is 15.6. The SMILES string of the molecule is CC(C)CN1C(=O)C(CC(=O)N2CCC(N3Cc4cccnc4NC3=O)CC2)SC1c1ccccc1N1CCN(C)CC1. The van der Waals surface area contributed by atoms with Gasteiger partial charge in [0.25, 0.3) is 0 Å². The fraction of sp³-hybridized carbons (Fsp3) is 0.562. The lowest BCUT2D eigenvalue weighted by Crippen LogP contribution is -2.51. The van der Waals surface area contributed by atoms with Crippen molar-refractivity contribution in [3.63, 3.8) is 0 Å². The number of hydrogen-bond acceptors (Lipinski definition) is 7. The molecule has 43 heavy (non-hydrogen) atoms. The van der Waals surface area contributed by atoms with E-state index in [-0.39, 0.29) is 35.7 Å². The van der Waals surface area contributed by atoms with Crippen LogP contribution in [0.1, 0.15) is 49.6 Å². The van der Waals surface area contributed by atoms with Gasteiger partial charge in [-0.15, -0.1) is 11.8 Å². The number of para-hydroxylation sites is 1. The predicted octanol–water partition coefficient (Wildman–Crippen LogP) is 3.86. The number of pyridine rings is 1. The third-order valence-electron chi connectivity index (χ3n) is 9.08. The van der Waals surface area contributed by atoms with Crippen molar-refractivity contribution in [2.24, 2.45) is 5.92 Å². The monoisotopic (exact) mass is 605 g/mol. The summed E-state index contributed by atoms with van der Waals surface area (Å²) in [4.78, 5) is 55.0. The molecule has 1 aromatic carbocycles. The molecule has 4 aliphatic heterocycles. The maximum atomic E-state index is 13.8. The summed E-state index contributed by atoms with van der Waals surface area (Å²) >= 11 is 1.63. The van der Waals surface area contributed by atoms with E-state index in [1.165, 1.54) is 11.3 Å². The van der Waals surface area contributed by atoms with Gasteiger partial charge in [0.1, 0.15) is 11.2 Å². The van der Waals surface area contributed by atoms with Crippen LogP contribution in [0.25, 0.3) is 0 Å². The molecule has 4 amide bonds. The van der Waals surface area contributed by atoms with Gasteiger partial charge in [-0.05, 0) is 37.9 Å². The van der Waals surface area contributed by atoms with Crippen LogP contribution in [0.4, 0.5) is 16.3 Å². The van der Waals surface area contributed by atoms with Crippen LogP contribution in [0, 0.1) is 5.92 Å². The number of nitrogens with one attached hydrogen (secondary N) is 1. The summed E-state index contributed by atoms with van der Waals surface area (Å²) in [7, 11) is 2.16. The molecule has 3 fully saturated rings. The molecule has 0 bridgehead atoms. The first-order valence-corrected chi connectivity index (χ1v) is 16.5. The number of fused-ring (bicyclic) bond motifs is 1. The standard InChI is InChI=1S/C32H43N7O3S/c1-22(2)20-39-30(41)27(43-31(39)25-8-4-5-9-26(25)36-17-15-35(3)16-18-36)19-28(40)37-13-10-24(11-14-37)38-21-23-7-6-12-33-29(23)34-32(38)42/h4-9,12,22,24,27,31H,10-11,13-21H2,1-3H3,(H,33,34,42). The zero-order valence-corrected chi connectivity index (χ0v) is 26.3. The number of likely N-dealkylation sites (N-methyl/N-ethyl adjacent to an activating group) is 1. The number of benzene rings is 1. The zero-order valence-electron chi connectivity index (χ0n) is 25.4. The molecule has 2 atom stereocenters. The lowest BCUT2D eigenvalue weighted by atomic mass is 10.0.